The molecule has 2 heterocycles. The number of benzene rings is 2. The van der Waals surface area contributed by atoms with E-state index in [2.05, 4.69) is 10.3 Å². The van der Waals surface area contributed by atoms with Crippen molar-refractivity contribution in [2.75, 3.05) is 27.9 Å². The number of hydrogen-bond acceptors (Lipinski definition) is 8. The maximum Gasteiger partial charge on any atom is 0.343 e. The van der Waals surface area contributed by atoms with Gasteiger partial charge in [-0.05, 0) is 25.1 Å². The molecule has 10 nitrogen and oxygen atoms in total. The van der Waals surface area contributed by atoms with Crippen molar-refractivity contribution >= 4 is 16.9 Å². The maximum absolute atomic E-state index is 13.1. The van der Waals surface area contributed by atoms with E-state index in [1.807, 2.05) is 28.8 Å². The normalized spacial score (nSPS) is 11.8. The molecule has 10 heteroatoms. The van der Waals surface area contributed by atoms with Gasteiger partial charge < -0.3 is 33.6 Å². The second-order valence-electron chi connectivity index (χ2n) is 8.40. The molecule has 0 bridgehead atoms. The van der Waals surface area contributed by atoms with Crippen LogP contribution in [0.15, 0.2) is 58.0 Å². The summed E-state index contributed by atoms with van der Waals surface area (Å²) >= 11 is 0. The summed E-state index contributed by atoms with van der Waals surface area (Å²) in [5.41, 5.74) is 1.51. The highest BCUT2D eigenvalue weighted by Gasteiger charge is 2.30. The first kappa shape index (κ1) is 25.6. The van der Waals surface area contributed by atoms with E-state index in [9.17, 15) is 14.7 Å². The van der Waals surface area contributed by atoms with Crippen molar-refractivity contribution in [3.05, 3.63) is 76.1 Å². The van der Waals surface area contributed by atoms with Crippen molar-refractivity contribution in [3.8, 4) is 23.0 Å². The Hall–Kier alpha value is -4.47. The number of nitrogens with one attached hydrogen (secondary N) is 1. The van der Waals surface area contributed by atoms with Gasteiger partial charge in [0.2, 0.25) is 11.7 Å². The summed E-state index contributed by atoms with van der Waals surface area (Å²) in [5, 5.41) is 13.6. The SMILES string of the molecule is COc1ccc([C@H](CC(=O)NCCn2cnc3ccccc32)c2c(O)cc(C)oc2=O)c(OC)c1OC. The lowest BCUT2D eigenvalue weighted by Crippen LogP contribution is -2.29. The predicted octanol–water partition coefficient (Wildman–Crippen LogP) is 3.37. The first-order chi connectivity index (χ1) is 17.9. The summed E-state index contributed by atoms with van der Waals surface area (Å²) in [5.74, 6) is -0.236. The van der Waals surface area contributed by atoms with E-state index in [1.165, 1.54) is 27.4 Å². The largest absolute Gasteiger partial charge is 0.507 e. The number of aromatic nitrogens is 2. The van der Waals surface area contributed by atoms with Gasteiger partial charge in [0.1, 0.15) is 11.5 Å². The van der Waals surface area contributed by atoms with E-state index in [0.717, 1.165) is 11.0 Å². The van der Waals surface area contributed by atoms with Crippen LogP contribution >= 0.6 is 0 Å². The molecule has 2 aromatic heterocycles. The van der Waals surface area contributed by atoms with Crippen LogP contribution in [-0.4, -0.2) is 48.4 Å². The number of aromatic hydroxyl groups is 1. The van der Waals surface area contributed by atoms with Crippen LogP contribution in [0, 0.1) is 6.92 Å². The molecular formula is C27H29N3O7. The van der Waals surface area contributed by atoms with Crippen LogP contribution in [0.5, 0.6) is 23.0 Å². The van der Waals surface area contributed by atoms with E-state index in [-0.39, 0.29) is 35.2 Å². The van der Waals surface area contributed by atoms with E-state index < -0.39 is 11.5 Å². The number of hydrogen-bond donors (Lipinski definition) is 2. The van der Waals surface area contributed by atoms with Gasteiger partial charge in [-0.2, -0.15) is 0 Å². The second-order valence-corrected chi connectivity index (χ2v) is 8.40. The smallest absolute Gasteiger partial charge is 0.343 e. The van der Waals surface area contributed by atoms with E-state index >= 15 is 0 Å². The van der Waals surface area contributed by atoms with E-state index in [4.69, 9.17) is 18.6 Å². The number of fused-ring (bicyclic) bond motifs is 1. The standard InChI is InChI=1S/C27H29N3O7/c1-16-13-21(31)24(27(33)37-16)18(17-9-10-22(34-2)26(36-4)25(17)35-3)14-23(32)28-11-12-30-15-29-19-7-5-6-8-20(19)30/h5-10,13,15,18,31H,11-12,14H2,1-4H3,(H,28,32)/t18-/m0/s1. The summed E-state index contributed by atoms with van der Waals surface area (Å²) in [6, 6.07) is 12.4. The number of amides is 1. The minimum atomic E-state index is -0.888. The average Bonchev–Trinajstić information content (AvgIpc) is 3.29. The maximum atomic E-state index is 13.1. The summed E-state index contributed by atoms with van der Waals surface area (Å²) in [7, 11) is 4.40. The number of rotatable bonds is 10. The van der Waals surface area contributed by atoms with Crippen LogP contribution in [0.2, 0.25) is 0 Å². The van der Waals surface area contributed by atoms with Gasteiger partial charge in [0.25, 0.3) is 0 Å². The predicted molar refractivity (Wildman–Crippen MR) is 137 cm³/mol. The Labute approximate surface area is 213 Å². The summed E-state index contributed by atoms with van der Waals surface area (Å²) in [4.78, 5) is 30.3. The molecule has 0 fully saturated rings. The van der Waals surface area contributed by atoms with E-state index in [1.54, 1.807) is 25.4 Å². The Morgan fingerprint density at radius 1 is 1.11 bits per heavy atom. The second kappa shape index (κ2) is 11.1. The Morgan fingerprint density at radius 2 is 1.86 bits per heavy atom. The average molecular weight is 508 g/mol. The molecule has 0 aliphatic carbocycles. The number of nitrogens with zero attached hydrogens (tertiary/aromatic N) is 2. The zero-order chi connectivity index (χ0) is 26.5. The van der Waals surface area contributed by atoms with Crippen molar-refractivity contribution in [2.45, 2.75) is 25.8 Å². The number of methoxy groups -OCH3 is 3. The van der Waals surface area contributed by atoms with Gasteiger partial charge >= 0.3 is 5.63 Å². The van der Waals surface area contributed by atoms with Gasteiger partial charge in [-0.3, -0.25) is 4.79 Å². The van der Waals surface area contributed by atoms with Gasteiger partial charge in [-0.15, -0.1) is 0 Å². The molecule has 37 heavy (non-hydrogen) atoms. The highest BCUT2D eigenvalue weighted by atomic mass is 16.5. The van der Waals surface area contributed by atoms with Gasteiger partial charge in [0.15, 0.2) is 11.5 Å². The molecule has 0 radical (unpaired) electrons. The minimum Gasteiger partial charge on any atom is -0.507 e. The van der Waals surface area contributed by atoms with Gasteiger partial charge in [-0.1, -0.05) is 18.2 Å². The molecule has 0 saturated carbocycles. The van der Waals surface area contributed by atoms with Crippen LogP contribution in [0.1, 0.15) is 29.2 Å². The number of carbonyl (C=O) groups is 1. The molecule has 0 unspecified atom stereocenters. The van der Waals surface area contributed by atoms with Crippen LogP contribution in [-0.2, 0) is 11.3 Å². The lowest BCUT2D eigenvalue weighted by molar-refractivity contribution is -0.121. The van der Waals surface area contributed by atoms with Crippen molar-refractivity contribution < 1.29 is 28.5 Å². The molecule has 0 aliphatic rings. The number of carbonyl (C=O) groups excluding carboxylic acids is 1. The van der Waals surface area contributed by atoms with Crippen LogP contribution in [0.25, 0.3) is 11.0 Å². The summed E-state index contributed by atoms with van der Waals surface area (Å²) in [6.07, 6.45) is 1.57. The Kier molecular flexibility index (Phi) is 7.66. The third-order valence-electron chi connectivity index (χ3n) is 6.14. The fourth-order valence-electron chi connectivity index (χ4n) is 4.45. The van der Waals surface area contributed by atoms with Crippen LogP contribution in [0.3, 0.4) is 0 Å². The monoisotopic (exact) mass is 507 g/mol. The van der Waals surface area contributed by atoms with Crippen molar-refractivity contribution in [2.24, 2.45) is 0 Å². The number of para-hydroxylation sites is 2. The Bertz CT molecular complexity index is 1470. The highest BCUT2D eigenvalue weighted by molar-refractivity contribution is 5.78. The van der Waals surface area contributed by atoms with Crippen molar-refractivity contribution in [1.29, 1.82) is 0 Å². The molecule has 0 spiro atoms. The lowest BCUT2D eigenvalue weighted by atomic mass is 9.87. The molecule has 4 aromatic rings. The van der Waals surface area contributed by atoms with Gasteiger partial charge in [0, 0.05) is 37.1 Å². The first-order valence-corrected chi connectivity index (χ1v) is 11.7. The molecule has 194 valence electrons. The molecule has 2 N–H and O–H groups in total. The van der Waals surface area contributed by atoms with Crippen molar-refractivity contribution in [3.63, 3.8) is 0 Å². The molecule has 4 rings (SSSR count). The first-order valence-electron chi connectivity index (χ1n) is 11.7. The molecule has 0 aliphatic heterocycles. The van der Waals surface area contributed by atoms with Crippen LogP contribution in [0.4, 0.5) is 0 Å². The van der Waals surface area contributed by atoms with Gasteiger partial charge in [0.05, 0.1) is 44.3 Å². The molecular weight excluding hydrogens is 478 g/mol. The topological polar surface area (TPSA) is 125 Å². The number of ether oxygens (including phenoxy) is 3. The lowest BCUT2D eigenvalue weighted by Gasteiger charge is -2.22. The zero-order valence-corrected chi connectivity index (χ0v) is 21.1. The number of imidazole rings is 1. The Balaban J connectivity index is 1.64. The van der Waals surface area contributed by atoms with Crippen molar-refractivity contribution in [1.82, 2.24) is 14.9 Å². The number of aryl methyl sites for hydroxylation is 1. The third kappa shape index (κ3) is 5.23. The minimum absolute atomic E-state index is 0.0492. The Morgan fingerprint density at radius 3 is 2.57 bits per heavy atom. The highest BCUT2D eigenvalue weighted by Crippen LogP contribution is 2.45. The summed E-state index contributed by atoms with van der Waals surface area (Å²) in [6.45, 7) is 2.40. The summed E-state index contributed by atoms with van der Waals surface area (Å²) < 4.78 is 23.7. The van der Waals surface area contributed by atoms with Gasteiger partial charge in [-0.25, -0.2) is 9.78 Å². The quantitative estimate of drug-likeness (QED) is 0.335. The molecule has 2 aromatic carbocycles. The molecule has 1 atom stereocenters. The molecule has 1 amide bonds. The van der Waals surface area contributed by atoms with Crippen LogP contribution < -0.4 is 25.2 Å². The molecule has 0 saturated heterocycles. The third-order valence-corrected chi connectivity index (χ3v) is 6.14. The zero-order valence-electron chi connectivity index (χ0n) is 21.1. The fraction of sp³-hybridized carbons (Fsp3) is 0.296. The van der Waals surface area contributed by atoms with E-state index in [0.29, 0.717) is 30.2 Å². The fourth-order valence-corrected chi connectivity index (χ4v) is 4.45.